The number of halogens is 2. The Hall–Kier alpha value is -0.660. The van der Waals surface area contributed by atoms with Crippen LogP contribution in [0.25, 0.3) is 0 Å². The van der Waals surface area contributed by atoms with Crippen molar-refractivity contribution in [2.24, 2.45) is 9.98 Å². The van der Waals surface area contributed by atoms with Crippen LogP contribution in [0.15, 0.2) is 9.98 Å². The molecule has 62 valence electrons. The Morgan fingerprint density at radius 2 is 1.64 bits per heavy atom. The van der Waals surface area contributed by atoms with Crippen molar-refractivity contribution in [3.05, 3.63) is 0 Å². The van der Waals surface area contributed by atoms with Gasteiger partial charge in [0.15, 0.2) is 0 Å². The summed E-state index contributed by atoms with van der Waals surface area (Å²) in [6.45, 7) is 0.380. The molecule has 0 spiro atoms. The third kappa shape index (κ3) is 26.7. The van der Waals surface area contributed by atoms with Crippen LogP contribution in [0.1, 0.15) is 0 Å². The summed E-state index contributed by atoms with van der Waals surface area (Å²) in [5.74, 6) is 0.398. The summed E-state index contributed by atoms with van der Waals surface area (Å²) >= 11 is 9.98. The van der Waals surface area contributed by atoms with Crippen molar-refractivity contribution >= 4 is 35.4 Å². The lowest BCUT2D eigenvalue weighted by Gasteiger charge is -1.69. The molecule has 0 radical (unpaired) electrons. The summed E-state index contributed by atoms with van der Waals surface area (Å²) in [7, 11) is 0. The van der Waals surface area contributed by atoms with E-state index in [-0.39, 0.29) is 6.00 Å². The van der Waals surface area contributed by atoms with Gasteiger partial charge in [-0.2, -0.15) is 4.99 Å². The van der Waals surface area contributed by atoms with Gasteiger partial charge in [-0.25, -0.2) is 14.6 Å². The van der Waals surface area contributed by atoms with Crippen LogP contribution in [0.4, 0.5) is 0 Å². The van der Waals surface area contributed by atoms with E-state index in [2.05, 4.69) is 9.98 Å². The maximum absolute atomic E-state index is 9.21. The molecule has 6 heteroatoms. The lowest BCUT2D eigenvalue weighted by molar-refractivity contribution is 0.563. The molecule has 0 saturated carbocycles. The van der Waals surface area contributed by atoms with Gasteiger partial charge in [-0.1, -0.05) is 11.6 Å². The SMILES string of the molecule is O=C=NCCCl.O=C=NCCl. The van der Waals surface area contributed by atoms with Crippen LogP contribution < -0.4 is 0 Å². The zero-order chi connectivity index (χ0) is 8.95. The number of alkyl halides is 2. The van der Waals surface area contributed by atoms with Crippen LogP contribution in [-0.2, 0) is 9.59 Å². The molecule has 0 aliphatic heterocycles. The fraction of sp³-hybridized carbons (Fsp3) is 0.600. The Morgan fingerprint density at radius 3 is 1.73 bits per heavy atom. The Bertz CT molecular complexity index is 162. The van der Waals surface area contributed by atoms with Crippen LogP contribution in [0, 0.1) is 0 Å². The predicted octanol–water partition coefficient (Wildman–Crippen LogP) is 1.08. The number of carbonyl (C=O) groups excluding carboxylic acids is 2. The van der Waals surface area contributed by atoms with Crippen molar-refractivity contribution in [1.29, 1.82) is 0 Å². The fourth-order valence-electron chi connectivity index (χ4n) is 0.112. The van der Waals surface area contributed by atoms with Gasteiger partial charge in [0, 0.05) is 5.88 Å². The Labute approximate surface area is 73.9 Å². The van der Waals surface area contributed by atoms with E-state index in [0.29, 0.717) is 12.4 Å². The molecule has 0 bridgehead atoms. The van der Waals surface area contributed by atoms with Gasteiger partial charge >= 0.3 is 0 Å². The van der Waals surface area contributed by atoms with E-state index in [1.807, 2.05) is 0 Å². The molecule has 0 aromatic heterocycles. The molecule has 0 heterocycles. The first-order valence-electron chi connectivity index (χ1n) is 2.52. The average molecular weight is 197 g/mol. The van der Waals surface area contributed by atoms with Crippen molar-refractivity contribution in [3.8, 4) is 0 Å². The standard InChI is InChI=1S/C3H4ClNO.C2H2ClNO/c4-1-2-5-3-6;3-1-4-2-5/h1-2H2;1H2. The molecule has 0 rings (SSSR count). The smallest absolute Gasteiger partial charge is 0.211 e. The van der Waals surface area contributed by atoms with Gasteiger partial charge in [-0.15, -0.1) is 11.6 Å². The molecule has 0 amide bonds. The minimum atomic E-state index is 0.0174. The van der Waals surface area contributed by atoms with Crippen molar-refractivity contribution in [2.45, 2.75) is 0 Å². The van der Waals surface area contributed by atoms with Gasteiger partial charge in [0.05, 0.1) is 6.54 Å². The number of aliphatic imine (C=N–C) groups is 2. The second-order valence-corrected chi connectivity index (χ2v) is 1.65. The molecule has 0 aromatic rings. The highest BCUT2D eigenvalue weighted by Crippen LogP contribution is 1.70. The second kappa shape index (κ2) is 16.2. The van der Waals surface area contributed by atoms with Crippen molar-refractivity contribution in [3.63, 3.8) is 0 Å². The highest BCUT2D eigenvalue weighted by atomic mass is 35.5. The summed E-state index contributed by atoms with van der Waals surface area (Å²) < 4.78 is 0. The topological polar surface area (TPSA) is 58.9 Å². The lowest BCUT2D eigenvalue weighted by Crippen LogP contribution is -1.75. The van der Waals surface area contributed by atoms with Gasteiger partial charge in [0.2, 0.25) is 12.2 Å². The zero-order valence-electron chi connectivity index (χ0n) is 5.59. The number of isocyanates is 2. The highest BCUT2D eigenvalue weighted by Gasteiger charge is 1.68. The van der Waals surface area contributed by atoms with E-state index in [1.165, 1.54) is 12.2 Å². The van der Waals surface area contributed by atoms with Crippen LogP contribution in [0.3, 0.4) is 0 Å². The van der Waals surface area contributed by atoms with Gasteiger partial charge < -0.3 is 0 Å². The fourth-order valence-corrected chi connectivity index (χ4v) is 0.246. The van der Waals surface area contributed by atoms with E-state index in [9.17, 15) is 4.79 Å². The maximum Gasteiger partial charge on any atom is 0.236 e. The molecule has 0 N–H and O–H groups in total. The first-order valence-corrected chi connectivity index (χ1v) is 3.59. The summed E-state index contributed by atoms with van der Waals surface area (Å²) in [5.41, 5.74) is 0. The molecule has 11 heavy (non-hydrogen) atoms. The Balaban J connectivity index is 0. The molecular formula is C5H6Cl2N2O2. The molecule has 0 aliphatic rings. The summed E-state index contributed by atoms with van der Waals surface area (Å²) in [6.07, 6.45) is 2.62. The summed E-state index contributed by atoms with van der Waals surface area (Å²) in [6, 6.07) is 0.0174. The second-order valence-electron chi connectivity index (χ2n) is 1.03. The predicted molar refractivity (Wildman–Crippen MR) is 42.6 cm³/mol. The van der Waals surface area contributed by atoms with Crippen LogP contribution in [0.5, 0.6) is 0 Å². The number of hydrogen-bond donors (Lipinski definition) is 0. The minimum Gasteiger partial charge on any atom is -0.211 e. The van der Waals surface area contributed by atoms with Gasteiger partial charge in [0.25, 0.3) is 0 Å². The van der Waals surface area contributed by atoms with Gasteiger partial charge in [-0.3, -0.25) is 0 Å². The third-order valence-electron chi connectivity index (χ3n) is 0.385. The van der Waals surface area contributed by atoms with Gasteiger partial charge in [0.1, 0.15) is 6.00 Å². The first kappa shape index (κ1) is 13.0. The van der Waals surface area contributed by atoms with E-state index in [0.717, 1.165) is 0 Å². The molecule has 0 aromatic carbocycles. The first-order chi connectivity index (χ1) is 5.33. The normalized spacial score (nSPS) is 6.36. The summed E-state index contributed by atoms with van der Waals surface area (Å²) in [5, 5.41) is 0. The minimum absolute atomic E-state index is 0.0174. The maximum atomic E-state index is 9.21. The molecule has 0 fully saturated rings. The average Bonchev–Trinajstić information content (AvgIpc) is 2.04. The number of hydrogen-bond acceptors (Lipinski definition) is 4. The molecule has 0 aliphatic carbocycles. The monoisotopic (exact) mass is 196 g/mol. The number of rotatable bonds is 3. The Morgan fingerprint density at radius 1 is 1.09 bits per heavy atom. The zero-order valence-corrected chi connectivity index (χ0v) is 7.10. The molecule has 4 nitrogen and oxygen atoms in total. The highest BCUT2D eigenvalue weighted by molar-refractivity contribution is 6.18. The quantitative estimate of drug-likeness (QED) is 0.294. The molecule has 0 saturated heterocycles. The largest absolute Gasteiger partial charge is 0.236 e. The van der Waals surface area contributed by atoms with Crippen molar-refractivity contribution in [1.82, 2.24) is 0 Å². The van der Waals surface area contributed by atoms with Crippen molar-refractivity contribution in [2.75, 3.05) is 18.4 Å². The molecule has 0 unspecified atom stereocenters. The Kier molecular flexibility index (Phi) is 19.1. The number of nitrogens with zero attached hydrogens (tertiary/aromatic N) is 2. The van der Waals surface area contributed by atoms with Crippen molar-refractivity contribution < 1.29 is 9.59 Å². The molecular weight excluding hydrogens is 191 g/mol. The van der Waals surface area contributed by atoms with Gasteiger partial charge in [-0.05, 0) is 0 Å². The third-order valence-corrected chi connectivity index (χ3v) is 0.674. The lowest BCUT2D eigenvalue weighted by atomic mass is 10.8. The van der Waals surface area contributed by atoms with Crippen LogP contribution >= 0.6 is 23.2 Å². The van der Waals surface area contributed by atoms with Crippen LogP contribution in [-0.4, -0.2) is 30.6 Å². The van der Waals surface area contributed by atoms with E-state index in [4.69, 9.17) is 28.0 Å². The molecule has 0 atom stereocenters. The van der Waals surface area contributed by atoms with E-state index < -0.39 is 0 Å². The van der Waals surface area contributed by atoms with Crippen LogP contribution in [0.2, 0.25) is 0 Å². The van der Waals surface area contributed by atoms with E-state index >= 15 is 0 Å². The van der Waals surface area contributed by atoms with E-state index in [1.54, 1.807) is 0 Å². The summed E-state index contributed by atoms with van der Waals surface area (Å²) in [4.78, 5) is 24.3.